The predicted molar refractivity (Wildman–Crippen MR) is 98.5 cm³/mol. The van der Waals surface area contributed by atoms with E-state index in [1.54, 1.807) is 24.3 Å². The van der Waals surface area contributed by atoms with E-state index in [1.165, 1.54) is 35.2 Å². The first-order valence-electron chi connectivity index (χ1n) is 8.31. The molecule has 0 aliphatic carbocycles. The molecule has 0 unspecified atom stereocenters. The molecule has 6 heteroatoms. The van der Waals surface area contributed by atoms with Crippen LogP contribution in [0.25, 0.3) is 0 Å². The van der Waals surface area contributed by atoms with E-state index < -0.39 is 23.3 Å². The normalized spacial score (nSPS) is 10.5. The summed E-state index contributed by atoms with van der Waals surface area (Å²) in [5.74, 6) is -1.76. The predicted octanol–water partition coefficient (Wildman–Crippen LogP) is 5.05. The SMILES string of the molecule is CCOc1ccc(N(C(=O)c2ccc(O)c(F)c2)c2ccc(F)cc2)cc1. The molecule has 0 fully saturated rings. The quantitative estimate of drug-likeness (QED) is 0.685. The maximum absolute atomic E-state index is 13.7. The van der Waals surface area contributed by atoms with Crippen molar-refractivity contribution in [2.24, 2.45) is 0 Å². The topological polar surface area (TPSA) is 49.8 Å². The number of anilines is 2. The smallest absolute Gasteiger partial charge is 0.262 e. The summed E-state index contributed by atoms with van der Waals surface area (Å²) in [5.41, 5.74) is 0.964. The zero-order valence-electron chi connectivity index (χ0n) is 14.5. The third kappa shape index (κ3) is 4.06. The summed E-state index contributed by atoms with van der Waals surface area (Å²) in [7, 11) is 0. The molecule has 27 heavy (non-hydrogen) atoms. The number of aromatic hydroxyl groups is 1. The van der Waals surface area contributed by atoms with E-state index in [0.717, 1.165) is 12.1 Å². The fourth-order valence-corrected chi connectivity index (χ4v) is 2.60. The van der Waals surface area contributed by atoms with E-state index in [4.69, 9.17) is 4.74 Å². The van der Waals surface area contributed by atoms with Crippen molar-refractivity contribution in [2.45, 2.75) is 6.92 Å². The number of carbonyl (C=O) groups excluding carboxylic acids is 1. The molecule has 0 atom stereocenters. The minimum Gasteiger partial charge on any atom is -0.505 e. The number of hydrogen-bond acceptors (Lipinski definition) is 3. The summed E-state index contributed by atoms with van der Waals surface area (Å²) < 4.78 is 32.4. The van der Waals surface area contributed by atoms with Crippen LogP contribution in [0.15, 0.2) is 66.7 Å². The van der Waals surface area contributed by atoms with Gasteiger partial charge in [0, 0.05) is 16.9 Å². The Balaban J connectivity index is 2.04. The van der Waals surface area contributed by atoms with Gasteiger partial charge in [0.15, 0.2) is 11.6 Å². The highest BCUT2D eigenvalue weighted by atomic mass is 19.1. The Morgan fingerprint density at radius 3 is 2.11 bits per heavy atom. The van der Waals surface area contributed by atoms with Crippen LogP contribution in [0.2, 0.25) is 0 Å². The summed E-state index contributed by atoms with van der Waals surface area (Å²) in [6.45, 7) is 2.37. The van der Waals surface area contributed by atoms with Gasteiger partial charge in [-0.3, -0.25) is 9.69 Å². The van der Waals surface area contributed by atoms with Crippen molar-refractivity contribution in [3.8, 4) is 11.5 Å². The molecule has 0 spiro atoms. The van der Waals surface area contributed by atoms with Crippen molar-refractivity contribution in [1.82, 2.24) is 0 Å². The number of hydrogen-bond donors (Lipinski definition) is 1. The molecular formula is C21H17F2NO3. The van der Waals surface area contributed by atoms with Crippen LogP contribution in [0.4, 0.5) is 20.2 Å². The number of phenolic OH excluding ortho intramolecular Hbond substituents is 1. The van der Waals surface area contributed by atoms with Crippen LogP contribution in [-0.2, 0) is 0 Å². The second-order valence-corrected chi connectivity index (χ2v) is 5.71. The third-order valence-corrected chi connectivity index (χ3v) is 3.89. The fourth-order valence-electron chi connectivity index (χ4n) is 2.60. The lowest BCUT2D eigenvalue weighted by Gasteiger charge is -2.23. The van der Waals surface area contributed by atoms with Gasteiger partial charge in [0.25, 0.3) is 5.91 Å². The van der Waals surface area contributed by atoms with Gasteiger partial charge in [-0.25, -0.2) is 8.78 Å². The van der Waals surface area contributed by atoms with E-state index in [9.17, 15) is 18.7 Å². The molecule has 0 bridgehead atoms. The Bertz CT molecular complexity index is 941. The lowest BCUT2D eigenvalue weighted by atomic mass is 10.1. The molecule has 0 radical (unpaired) electrons. The average Bonchev–Trinajstić information content (AvgIpc) is 2.67. The molecule has 0 aliphatic heterocycles. The van der Waals surface area contributed by atoms with Gasteiger partial charge in [0.2, 0.25) is 0 Å². The second-order valence-electron chi connectivity index (χ2n) is 5.71. The van der Waals surface area contributed by atoms with E-state index in [2.05, 4.69) is 0 Å². The molecule has 0 aromatic heterocycles. The first kappa shape index (κ1) is 18.4. The summed E-state index contributed by atoms with van der Waals surface area (Å²) in [6.07, 6.45) is 0. The summed E-state index contributed by atoms with van der Waals surface area (Å²) in [6, 6.07) is 15.6. The van der Waals surface area contributed by atoms with Gasteiger partial charge < -0.3 is 9.84 Å². The van der Waals surface area contributed by atoms with Crippen LogP contribution in [0.5, 0.6) is 11.5 Å². The Labute approximate surface area is 155 Å². The second kappa shape index (κ2) is 7.86. The van der Waals surface area contributed by atoms with Gasteiger partial charge in [-0.15, -0.1) is 0 Å². The van der Waals surface area contributed by atoms with E-state index in [0.29, 0.717) is 23.7 Å². The molecule has 3 aromatic rings. The Kier molecular flexibility index (Phi) is 5.35. The molecule has 0 heterocycles. The van der Waals surface area contributed by atoms with Crippen LogP contribution in [-0.4, -0.2) is 17.6 Å². The molecule has 1 N–H and O–H groups in total. The van der Waals surface area contributed by atoms with Crippen molar-refractivity contribution in [3.05, 3.63) is 83.9 Å². The zero-order valence-corrected chi connectivity index (χ0v) is 14.5. The van der Waals surface area contributed by atoms with Crippen molar-refractivity contribution < 1.29 is 23.4 Å². The fraction of sp³-hybridized carbons (Fsp3) is 0.0952. The molecule has 0 aliphatic rings. The summed E-state index contributed by atoms with van der Waals surface area (Å²) >= 11 is 0. The first-order valence-corrected chi connectivity index (χ1v) is 8.31. The Hall–Kier alpha value is -3.41. The van der Waals surface area contributed by atoms with Crippen molar-refractivity contribution in [2.75, 3.05) is 11.5 Å². The highest BCUT2D eigenvalue weighted by Gasteiger charge is 2.21. The highest BCUT2D eigenvalue weighted by molar-refractivity contribution is 6.11. The molecule has 3 rings (SSSR count). The Morgan fingerprint density at radius 1 is 0.963 bits per heavy atom. The number of nitrogens with zero attached hydrogens (tertiary/aromatic N) is 1. The molecule has 0 saturated heterocycles. The van der Waals surface area contributed by atoms with E-state index in [1.807, 2.05) is 6.92 Å². The number of benzene rings is 3. The van der Waals surface area contributed by atoms with Crippen LogP contribution >= 0.6 is 0 Å². The molecule has 3 aromatic carbocycles. The van der Waals surface area contributed by atoms with Crippen LogP contribution in [0.3, 0.4) is 0 Å². The lowest BCUT2D eigenvalue weighted by molar-refractivity contribution is 0.0998. The van der Waals surface area contributed by atoms with Gasteiger partial charge in [-0.1, -0.05) is 0 Å². The van der Waals surface area contributed by atoms with Gasteiger partial charge in [-0.05, 0) is 73.7 Å². The monoisotopic (exact) mass is 369 g/mol. The third-order valence-electron chi connectivity index (χ3n) is 3.89. The van der Waals surface area contributed by atoms with Crippen molar-refractivity contribution in [1.29, 1.82) is 0 Å². The number of rotatable bonds is 5. The maximum Gasteiger partial charge on any atom is 0.262 e. The van der Waals surface area contributed by atoms with Gasteiger partial charge in [0.05, 0.1) is 6.61 Å². The van der Waals surface area contributed by atoms with Gasteiger partial charge >= 0.3 is 0 Å². The van der Waals surface area contributed by atoms with Gasteiger partial charge in [-0.2, -0.15) is 0 Å². The number of ether oxygens (including phenoxy) is 1. The highest BCUT2D eigenvalue weighted by Crippen LogP contribution is 2.30. The molecule has 0 saturated carbocycles. The number of amides is 1. The Morgan fingerprint density at radius 2 is 1.56 bits per heavy atom. The largest absolute Gasteiger partial charge is 0.505 e. The number of halogens is 2. The van der Waals surface area contributed by atoms with Gasteiger partial charge in [0.1, 0.15) is 11.6 Å². The minimum atomic E-state index is -0.897. The van der Waals surface area contributed by atoms with Crippen LogP contribution in [0.1, 0.15) is 17.3 Å². The lowest BCUT2D eigenvalue weighted by Crippen LogP contribution is -2.26. The summed E-state index contributed by atoms with van der Waals surface area (Å²) in [4.78, 5) is 14.4. The van der Waals surface area contributed by atoms with Crippen LogP contribution < -0.4 is 9.64 Å². The van der Waals surface area contributed by atoms with E-state index >= 15 is 0 Å². The standard InChI is InChI=1S/C21H17F2NO3/c1-2-27-18-10-8-17(9-11-18)24(16-6-4-15(22)5-7-16)21(26)14-3-12-20(25)19(23)13-14/h3-13,25H,2H2,1H3. The maximum atomic E-state index is 13.7. The molecular weight excluding hydrogens is 352 g/mol. The average molecular weight is 369 g/mol. The van der Waals surface area contributed by atoms with Crippen LogP contribution in [0, 0.1) is 11.6 Å². The van der Waals surface area contributed by atoms with E-state index in [-0.39, 0.29) is 5.56 Å². The summed E-state index contributed by atoms with van der Waals surface area (Å²) in [5, 5.41) is 9.35. The zero-order chi connectivity index (χ0) is 19.4. The first-order chi connectivity index (χ1) is 13.0. The van der Waals surface area contributed by atoms with Crippen molar-refractivity contribution in [3.63, 3.8) is 0 Å². The minimum absolute atomic E-state index is 0.0449. The number of phenols is 1. The molecule has 138 valence electrons. The molecule has 1 amide bonds. The van der Waals surface area contributed by atoms with Crippen molar-refractivity contribution >= 4 is 17.3 Å². The number of carbonyl (C=O) groups is 1. The molecule has 4 nitrogen and oxygen atoms in total.